The smallest absolute Gasteiger partial charge is 0.313 e. The van der Waals surface area contributed by atoms with E-state index >= 15 is 0 Å². The zero-order valence-electron chi connectivity index (χ0n) is 11.9. The molecule has 0 aliphatic carbocycles. The van der Waals surface area contributed by atoms with Gasteiger partial charge in [-0.3, -0.25) is 9.59 Å². The summed E-state index contributed by atoms with van der Waals surface area (Å²) >= 11 is 0. The highest BCUT2D eigenvalue weighted by Gasteiger charge is 2.13. The second-order valence-corrected chi connectivity index (χ2v) is 4.61. The number of benzene rings is 2. The van der Waals surface area contributed by atoms with Gasteiger partial charge in [-0.05, 0) is 24.6 Å². The number of Topliss-reactive ketones (excluding diaryl/α,β-unsaturated/α-hetero) is 1. The maximum atomic E-state index is 13.7. The molecule has 3 nitrogen and oxygen atoms in total. The van der Waals surface area contributed by atoms with Gasteiger partial charge in [0.05, 0.1) is 6.61 Å². The van der Waals surface area contributed by atoms with Crippen molar-refractivity contribution in [2.45, 2.75) is 13.3 Å². The molecule has 0 heterocycles. The van der Waals surface area contributed by atoms with E-state index in [1.54, 1.807) is 19.1 Å². The van der Waals surface area contributed by atoms with E-state index in [9.17, 15) is 18.4 Å². The average molecular weight is 304 g/mol. The number of ketones is 1. The van der Waals surface area contributed by atoms with Crippen LogP contribution in [0.2, 0.25) is 0 Å². The van der Waals surface area contributed by atoms with Gasteiger partial charge in [-0.2, -0.15) is 0 Å². The first kappa shape index (κ1) is 15.8. The van der Waals surface area contributed by atoms with Gasteiger partial charge in [0.1, 0.15) is 18.1 Å². The lowest BCUT2D eigenvalue weighted by molar-refractivity contribution is -0.141. The van der Waals surface area contributed by atoms with E-state index in [4.69, 9.17) is 4.74 Å². The molecule has 0 atom stereocenters. The fraction of sp³-hybridized carbons (Fsp3) is 0.176. The van der Waals surface area contributed by atoms with Gasteiger partial charge < -0.3 is 4.74 Å². The summed E-state index contributed by atoms with van der Waals surface area (Å²) in [7, 11) is 0. The minimum atomic E-state index is -0.675. The van der Waals surface area contributed by atoms with Crippen LogP contribution < -0.4 is 0 Å². The minimum absolute atomic E-state index is 0.217. The lowest BCUT2D eigenvalue weighted by Crippen LogP contribution is -2.11. The van der Waals surface area contributed by atoms with Crippen molar-refractivity contribution < 1.29 is 23.1 Å². The quantitative estimate of drug-likeness (QED) is 0.480. The van der Waals surface area contributed by atoms with E-state index < -0.39 is 17.6 Å². The van der Waals surface area contributed by atoms with Gasteiger partial charge in [0, 0.05) is 17.2 Å². The number of rotatable bonds is 5. The summed E-state index contributed by atoms with van der Waals surface area (Å²) in [6.45, 7) is 1.88. The van der Waals surface area contributed by atoms with E-state index in [1.165, 1.54) is 18.2 Å². The third-order valence-corrected chi connectivity index (χ3v) is 3.06. The Morgan fingerprint density at radius 2 is 1.73 bits per heavy atom. The van der Waals surface area contributed by atoms with Crippen molar-refractivity contribution in [3.8, 4) is 11.1 Å². The molecule has 0 amide bonds. The first-order valence-electron chi connectivity index (χ1n) is 6.75. The molecule has 2 aromatic carbocycles. The number of ether oxygens (including phenoxy) is 1. The van der Waals surface area contributed by atoms with Crippen LogP contribution in [0.1, 0.15) is 23.7 Å². The average Bonchev–Trinajstić information content (AvgIpc) is 2.47. The van der Waals surface area contributed by atoms with Gasteiger partial charge in [0.25, 0.3) is 0 Å². The lowest BCUT2D eigenvalue weighted by Gasteiger charge is -2.05. The Bertz CT molecular complexity index is 694. The molecule has 0 aromatic heterocycles. The van der Waals surface area contributed by atoms with Gasteiger partial charge >= 0.3 is 5.97 Å². The molecule has 22 heavy (non-hydrogen) atoms. The van der Waals surface area contributed by atoms with Crippen LogP contribution >= 0.6 is 0 Å². The number of carbonyl (C=O) groups excluding carboxylic acids is 2. The summed E-state index contributed by atoms with van der Waals surface area (Å²) in [4.78, 5) is 23.1. The topological polar surface area (TPSA) is 43.4 Å². The van der Waals surface area contributed by atoms with Crippen LogP contribution in [0.25, 0.3) is 11.1 Å². The van der Waals surface area contributed by atoms with Crippen LogP contribution in [0.4, 0.5) is 8.78 Å². The minimum Gasteiger partial charge on any atom is -0.466 e. The van der Waals surface area contributed by atoms with Gasteiger partial charge in [-0.25, -0.2) is 8.78 Å². The van der Waals surface area contributed by atoms with Crippen LogP contribution in [0.15, 0.2) is 42.5 Å². The zero-order valence-corrected chi connectivity index (χ0v) is 11.9. The highest BCUT2D eigenvalue weighted by atomic mass is 19.1. The standard InChI is InChI=1S/C17H14F2O3/c1-2-22-17(21)10-16(20)12-5-3-11(4-6-12)14-8-7-13(18)9-15(14)19/h3-9H,2,10H2,1H3. The lowest BCUT2D eigenvalue weighted by atomic mass is 10.0. The Morgan fingerprint density at radius 1 is 1.05 bits per heavy atom. The Hall–Kier alpha value is -2.56. The number of hydrogen-bond acceptors (Lipinski definition) is 3. The van der Waals surface area contributed by atoms with Gasteiger partial charge in [-0.1, -0.05) is 24.3 Å². The molecule has 0 N–H and O–H groups in total. The van der Waals surface area contributed by atoms with Crippen LogP contribution in [0.3, 0.4) is 0 Å². The van der Waals surface area contributed by atoms with E-state index in [2.05, 4.69) is 0 Å². The van der Waals surface area contributed by atoms with Gasteiger partial charge in [0.15, 0.2) is 5.78 Å². The maximum absolute atomic E-state index is 13.7. The van der Waals surface area contributed by atoms with Crippen LogP contribution in [-0.2, 0) is 9.53 Å². The third-order valence-electron chi connectivity index (χ3n) is 3.06. The second kappa shape index (κ2) is 6.93. The van der Waals surface area contributed by atoms with Crippen molar-refractivity contribution in [2.24, 2.45) is 0 Å². The second-order valence-electron chi connectivity index (χ2n) is 4.61. The molecule has 0 bridgehead atoms. The Labute approximate surface area is 126 Å². The van der Waals surface area contributed by atoms with Gasteiger partial charge in [-0.15, -0.1) is 0 Å². The molecule has 2 rings (SSSR count). The predicted octanol–water partition coefficient (Wildman–Crippen LogP) is 3.77. The van der Waals surface area contributed by atoms with E-state index in [0.29, 0.717) is 11.1 Å². The molecular formula is C17H14F2O3. The SMILES string of the molecule is CCOC(=O)CC(=O)c1ccc(-c2ccc(F)cc2F)cc1. The van der Waals surface area contributed by atoms with Crippen molar-refractivity contribution >= 4 is 11.8 Å². The highest BCUT2D eigenvalue weighted by molar-refractivity contribution is 6.06. The Balaban J connectivity index is 2.16. The van der Waals surface area contributed by atoms with Crippen molar-refractivity contribution in [3.63, 3.8) is 0 Å². The van der Waals surface area contributed by atoms with Crippen LogP contribution in [0, 0.1) is 11.6 Å². The Morgan fingerprint density at radius 3 is 2.32 bits per heavy atom. The first-order valence-corrected chi connectivity index (χ1v) is 6.75. The number of carbonyl (C=O) groups is 2. The molecule has 0 saturated carbocycles. The number of hydrogen-bond donors (Lipinski definition) is 0. The predicted molar refractivity (Wildman–Crippen MR) is 77.4 cm³/mol. The fourth-order valence-electron chi connectivity index (χ4n) is 2.00. The monoisotopic (exact) mass is 304 g/mol. The van der Waals surface area contributed by atoms with Crippen molar-refractivity contribution in [2.75, 3.05) is 6.61 Å². The van der Waals surface area contributed by atoms with Gasteiger partial charge in [0.2, 0.25) is 0 Å². The molecular weight excluding hydrogens is 290 g/mol. The molecule has 0 radical (unpaired) electrons. The van der Waals surface area contributed by atoms with Crippen LogP contribution in [-0.4, -0.2) is 18.4 Å². The molecule has 0 fully saturated rings. The molecule has 5 heteroatoms. The summed E-state index contributed by atoms with van der Waals surface area (Å²) in [5.41, 5.74) is 1.09. The summed E-state index contributed by atoms with van der Waals surface area (Å²) in [5.74, 6) is -2.28. The summed E-state index contributed by atoms with van der Waals surface area (Å²) in [5, 5.41) is 0. The molecule has 0 saturated heterocycles. The number of halogens is 2. The van der Waals surface area contributed by atoms with Crippen LogP contribution in [0.5, 0.6) is 0 Å². The molecule has 0 aliphatic heterocycles. The summed E-state index contributed by atoms with van der Waals surface area (Å²) < 4.78 is 31.3. The molecule has 0 spiro atoms. The van der Waals surface area contributed by atoms with E-state index in [1.807, 2.05) is 0 Å². The molecule has 114 valence electrons. The summed E-state index contributed by atoms with van der Waals surface area (Å²) in [6, 6.07) is 9.40. The van der Waals surface area contributed by atoms with Crippen molar-refractivity contribution in [3.05, 3.63) is 59.7 Å². The summed E-state index contributed by atoms with van der Waals surface area (Å²) in [6.07, 6.45) is -0.335. The van der Waals surface area contributed by atoms with Crippen molar-refractivity contribution in [1.29, 1.82) is 0 Å². The normalized spacial score (nSPS) is 10.3. The fourth-order valence-corrected chi connectivity index (χ4v) is 2.00. The maximum Gasteiger partial charge on any atom is 0.313 e. The van der Waals surface area contributed by atoms with E-state index in [-0.39, 0.29) is 24.4 Å². The highest BCUT2D eigenvalue weighted by Crippen LogP contribution is 2.24. The van der Waals surface area contributed by atoms with Crippen molar-refractivity contribution in [1.82, 2.24) is 0 Å². The molecule has 0 unspecified atom stereocenters. The number of esters is 1. The third kappa shape index (κ3) is 3.75. The molecule has 2 aromatic rings. The molecule has 0 aliphatic rings. The Kier molecular flexibility index (Phi) is 4.99. The largest absolute Gasteiger partial charge is 0.466 e. The van der Waals surface area contributed by atoms with E-state index in [0.717, 1.165) is 12.1 Å². The first-order chi connectivity index (χ1) is 10.5. The zero-order chi connectivity index (χ0) is 16.1.